The highest BCUT2D eigenvalue weighted by molar-refractivity contribution is 9.10. The molecule has 2 aromatic rings. The predicted molar refractivity (Wildman–Crippen MR) is 72.4 cm³/mol. The van der Waals surface area contributed by atoms with Gasteiger partial charge in [0.1, 0.15) is 5.56 Å². The summed E-state index contributed by atoms with van der Waals surface area (Å²) in [6.45, 7) is 0.382. The average Bonchev–Trinajstić information content (AvgIpc) is 2.37. The van der Waals surface area contributed by atoms with Crippen molar-refractivity contribution in [3.8, 4) is 0 Å². The Morgan fingerprint density at radius 2 is 2.11 bits per heavy atom. The van der Waals surface area contributed by atoms with Crippen LogP contribution in [0.1, 0.15) is 15.9 Å². The van der Waals surface area contributed by atoms with Crippen LogP contribution in [0.4, 0.5) is 0 Å². The molecule has 1 amide bonds. The third-order valence-electron chi connectivity index (χ3n) is 2.40. The van der Waals surface area contributed by atoms with Crippen LogP contribution < -0.4 is 10.9 Å². The van der Waals surface area contributed by atoms with Crippen LogP contribution in [-0.2, 0) is 6.54 Å². The van der Waals surface area contributed by atoms with Gasteiger partial charge in [0, 0.05) is 17.2 Å². The molecule has 92 valence electrons. The molecule has 1 aromatic carbocycles. The Hall–Kier alpha value is -1.88. The van der Waals surface area contributed by atoms with E-state index >= 15 is 0 Å². The molecule has 0 spiro atoms. The standard InChI is InChI=1S/C13H11BrN2O2/c14-10-4-1-3-9(7-10)8-16-13(18)11-5-2-6-15-12(11)17/h1-7H,8H2,(H,15,17)(H,16,18). The van der Waals surface area contributed by atoms with Gasteiger partial charge in [0.05, 0.1) is 0 Å². The van der Waals surface area contributed by atoms with Gasteiger partial charge in [0.2, 0.25) is 0 Å². The van der Waals surface area contributed by atoms with Crippen molar-refractivity contribution in [3.05, 3.63) is 68.5 Å². The van der Waals surface area contributed by atoms with Crippen LogP contribution in [0, 0.1) is 0 Å². The van der Waals surface area contributed by atoms with Crippen molar-refractivity contribution < 1.29 is 4.79 Å². The molecule has 0 aliphatic rings. The second kappa shape index (κ2) is 5.64. The molecule has 0 aliphatic heterocycles. The van der Waals surface area contributed by atoms with Gasteiger partial charge in [-0.2, -0.15) is 0 Å². The van der Waals surface area contributed by atoms with Crippen LogP contribution in [0.25, 0.3) is 0 Å². The number of benzene rings is 1. The topological polar surface area (TPSA) is 62.0 Å². The van der Waals surface area contributed by atoms with Gasteiger partial charge in [0.15, 0.2) is 0 Å². The summed E-state index contributed by atoms with van der Waals surface area (Å²) in [5.74, 6) is -0.378. The lowest BCUT2D eigenvalue weighted by molar-refractivity contribution is 0.0949. The molecule has 2 N–H and O–H groups in total. The van der Waals surface area contributed by atoms with Gasteiger partial charge in [0.25, 0.3) is 11.5 Å². The first-order valence-corrected chi connectivity index (χ1v) is 6.16. The third kappa shape index (κ3) is 3.07. The normalized spacial score (nSPS) is 10.1. The van der Waals surface area contributed by atoms with E-state index < -0.39 is 0 Å². The van der Waals surface area contributed by atoms with Crippen molar-refractivity contribution in [3.63, 3.8) is 0 Å². The summed E-state index contributed by atoms with van der Waals surface area (Å²) >= 11 is 3.36. The number of carbonyl (C=O) groups excluding carboxylic acids is 1. The minimum atomic E-state index is -0.385. The molecule has 0 aliphatic carbocycles. The van der Waals surface area contributed by atoms with Gasteiger partial charge >= 0.3 is 0 Å². The van der Waals surface area contributed by atoms with Crippen LogP contribution in [0.15, 0.2) is 51.9 Å². The van der Waals surface area contributed by atoms with Crippen LogP contribution in [0.2, 0.25) is 0 Å². The minimum absolute atomic E-state index is 0.118. The number of pyridine rings is 1. The fraction of sp³-hybridized carbons (Fsp3) is 0.0769. The number of aromatic amines is 1. The van der Waals surface area contributed by atoms with E-state index in [1.54, 1.807) is 6.07 Å². The number of hydrogen-bond donors (Lipinski definition) is 2. The number of hydrogen-bond acceptors (Lipinski definition) is 2. The molecule has 1 heterocycles. The average molecular weight is 307 g/mol. The van der Waals surface area contributed by atoms with E-state index in [1.807, 2.05) is 24.3 Å². The molecule has 1 aromatic heterocycles. The number of amides is 1. The van der Waals surface area contributed by atoms with Crippen LogP contribution >= 0.6 is 15.9 Å². The molecule has 2 rings (SSSR count). The Bertz CT molecular complexity index is 622. The Morgan fingerprint density at radius 3 is 2.83 bits per heavy atom. The number of aromatic nitrogens is 1. The lowest BCUT2D eigenvalue weighted by atomic mass is 10.2. The molecule has 0 atom stereocenters. The van der Waals surface area contributed by atoms with Gasteiger partial charge in [-0.3, -0.25) is 9.59 Å². The van der Waals surface area contributed by atoms with Crippen LogP contribution in [0.5, 0.6) is 0 Å². The van der Waals surface area contributed by atoms with E-state index in [9.17, 15) is 9.59 Å². The van der Waals surface area contributed by atoms with Crippen molar-refractivity contribution in [2.45, 2.75) is 6.54 Å². The summed E-state index contributed by atoms with van der Waals surface area (Å²) in [6.07, 6.45) is 1.49. The summed E-state index contributed by atoms with van der Waals surface area (Å²) in [7, 11) is 0. The molecular formula is C13H11BrN2O2. The quantitative estimate of drug-likeness (QED) is 0.912. The van der Waals surface area contributed by atoms with E-state index in [2.05, 4.69) is 26.2 Å². The van der Waals surface area contributed by atoms with Crippen molar-refractivity contribution >= 4 is 21.8 Å². The lowest BCUT2D eigenvalue weighted by Gasteiger charge is -2.05. The maximum Gasteiger partial charge on any atom is 0.260 e. The third-order valence-corrected chi connectivity index (χ3v) is 2.90. The number of H-pyrrole nitrogens is 1. The van der Waals surface area contributed by atoms with Crippen molar-refractivity contribution in [1.29, 1.82) is 0 Å². The Labute approximate surface area is 112 Å². The molecule has 0 bridgehead atoms. The lowest BCUT2D eigenvalue weighted by Crippen LogP contribution is -2.28. The van der Waals surface area contributed by atoms with Gasteiger partial charge < -0.3 is 10.3 Å². The summed E-state index contributed by atoms with van der Waals surface area (Å²) in [5.41, 5.74) is 0.696. The maximum atomic E-state index is 11.8. The largest absolute Gasteiger partial charge is 0.348 e. The number of rotatable bonds is 3. The van der Waals surface area contributed by atoms with Crippen molar-refractivity contribution in [1.82, 2.24) is 10.3 Å². The first-order valence-electron chi connectivity index (χ1n) is 5.37. The monoisotopic (exact) mass is 306 g/mol. The first-order chi connectivity index (χ1) is 8.66. The van der Waals surface area contributed by atoms with Gasteiger partial charge in [-0.25, -0.2) is 0 Å². The molecule has 0 fully saturated rings. The fourth-order valence-corrected chi connectivity index (χ4v) is 1.97. The molecule has 18 heavy (non-hydrogen) atoms. The van der Waals surface area contributed by atoms with Gasteiger partial charge in [-0.05, 0) is 29.8 Å². The van der Waals surface area contributed by atoms with Crippen molar-refractivity contribution in [2.24, 2.45) is 0 Å². The van der Waals surface area contributed by atoms with E-state index in [-0.39, 0.29) is 17.0 Å². The molecule has 0 unspecified atom stereocenters. The molecule has 0 saturated carbocycles. The number of nitrogens with one attached hydrogen (secondary N) is 2. The van der Waals surface area contributed by atoms with Gasteiger partial charge in [-0.1, -0.05) is 28.1 Å². The van der Waals surface area contributed by atoms with E-state index in [1.165, 1.54) is 12.3 Å². The smallest absolute Gasteiger partial charge is 0.260 e. The molecule has 0 saturated heterocycles. The molecule has 4 nitrogen and oxygen atoms in total. The Balaban J connectivity index is 2.05. The van der Waals surface area contributed by atoms with E-state index in [0.29, 0.717) is 6.54 Å². The maximum absolute atomic E-state index is 11.8. The first kappa shape index (κ1) is 12.6. The second-order valence-corrected chi connectivity index (χ2v) is 4.64. The fourth-order valence-electron chi connectivity index (χ4n) is 1.52. The zero-order valence-electron chi connectivity index (χ0n) is 9.44. The second-order valence-electron chi connectivity index (χ2n) is 3.73. The van der Waals surface area contributed by atoms with Crippen LogP contribution in [-0.4, -0.2) is 10.9 Å². The van der Waals surface area contributed by atoms with Gasteiger partial charge in [-0.15, -0.1) is 0 Å². The number of halogens is 1. The van der Waals surface area contributed by atoms with E-state index in [0.717, 1.165) is 10.0 Å². The highest BCUT2D eigenvalue weighted by atomic mass is 79.9. The molecule has 0 radical (unpaired) electrons. The van der Waals surface area contributed by atoms with E-state index in [4.69, 9.17) is 0 Å². The molecule has 5 heteroatoms. The Morgan fingerprint density at radius 1 is 1.28 bits per heavy atom. The zero-order valence-corrected chi connectivity index (χ0v) is 11.0. The summed E-state index contributed by atoms with van der Waals surface area (Å²) in [5, 5.41) is 2.70. The molecular weight excluding hydrogens is 296 g/mol. The summed E-state index contributed by atoms with van der Waals surface area (Å²) in [4.78, 5) is 25.6. The highest BCUT2D eigenvalue weighted by Gasteiger charge is 2.08. The zero-order chi connectivity index (χ0) is 13.0. The summed E-state index contributed by atoms with van der Waals surface area (Å²) in [6, 6.07) is 10.7. The van der Waals surface area contributed by atoms with Crippen LogP contribution in [0.3, 0.4) is 0 Å². The van der Waals surface area contributed by atoms with Crippen molar-refractivity contribution in [2.75, 3.05) is 0 Å². The highest BCUT2D eigenvalue weighted by Crippen LogP contribution is 2.11. The minimum Gasteiger partial charge on any atom is -0.348 e. The predicted octanol–water partition coefficient (Wildman–Crippen LogP) is 2.07. The summed E-state index contributed by atoms with van der Waals surface area (Å²) < 4.78 is 0.951. The Kier molecular flexibility index (Phi) is 3.94. The SMILES string of the molecule is O=C(NCc1cccc(Br)c1)c1ccc[nH]c1=O. The number of carbonyl (C=O) groups is 1.